The number of carbonyl (C=O) groups is 1. The monoisotopic (exact) mass is 396 g/mol. The maximum absolute atomic E-state index is 12.6. The summed E-state index contributed by atoms with van der Waals surface area (Å²) in [5, 5.41) is 0. The first-order valence-electron chi connectivity index (χ1n) is 8.31. The van der Waals surface area contributed by atoms with Gasteiger partial charge >= 0.3 is 5.69 Å². The van der Waals surface area contributed by atoms with Gasteiger partial charge in [0.2, 0.25) is 10.0 Å². The molecule has 0 aromatic carbocycles. The molecule has 3 rings (SSSR count). The maximum Gasteiger partial charge on any atom is 0.330 e. The zero-order valence-electron chi connectivity index (χ0n) is 14.9. The van der Waals surface area contributed by atoms with Gasteiger partial charge < -0.3 is 13.9 Å². The van der Waals surface area contributed by atoms with Crippen LogP contribution in [0.25, 0.3) is 0 Å². The SMILES string of the molecule is Cn1cc(S(=O)(=O)NC2CCN(C(=O)c3ccoc3)CC2)c(=O)n(C)c1=O. The van der Waals surface area contributed by atoms with Crippen molar-refractivity contribution in [3.8, 4) is 0 Å². The van der Waals surface area contributed by atoms with Crippen molar-refractivity contribution >= 4 is 15.9 Å². The number of nitrogens with zero attached hydrogens (tertiary/aromatic N) is 3. The third-order valence-electron chi connectivity index (χ3n) is 4.58. The highest BCUT2D eigenvalue weighted by molar-refractivity contribution is 7.89. The number of piperidine rings is 1. The van der Waals surface area contributed by atoms with E-state index in [1.165, 1.54) is 26.6 Å². The van der Waals surface area contributed by atoms with Gasteiger partial charge in [0.1, 0.15) is 6.26 Å². The number of sulfonamides is 1. The number of likely N-dealkylation sites (tertiary alicyclic amines) is 1. The number of carbonyl (C=O) groups excluding carboxylic acids is 1. The molecule has 1 amide bonds. The fourth-order valence-corrected chi connectivity index (χ4v) is 4.48. The lowest BCUT2D eigenvalue weighted by atomic mass is 10.1. The Balaban J connectivity index is 1.71. The van der Waals surface area contributed by atoms with Crippen LogP contribution in [0.2, 0.25) is 0 Å². The molecule has 2 aromatic heterocycles. The van der Waals surface area contributed by atoms with E-state index >= 15 is 0 Å². The molecule has 1 aliphatic heterocycles. The molecule has 0 aliphatic carbocycles. The third-order valence-corrected chi connectivity index (χ3v) is 6.08. The summed E-state index contributed by atoms with van der Waals surface area (Å²) in [5.41, 5.74) is -1.04. The number of nitrogens with one attached hydrogen (secondary N) is 1. The van der Waals surface area contributed by atoms with E-state index < -0.39 is 32.2 Å². The van der Waals surface area contributed by atoms with Gasteiger partial charge in [0.25, 0.3) is 11.5 Å². The average Bonchev–Trinajstić information content (AvgIpc) is 3.17. The highest BCUT2D eigenvalue weighted by Crippen LogP contribution is 2.16. The molecule has 0 unspecified atom stereocenters. The molecule has 11 heteroatoms. The predicted molar refractivity (Wildman–Crippen MR) is 94.9 cm³/mol. The second-order valence-electron chi connectivity index (χ2n) is 6.45. The molecular weight excluding hydrogens is 376 g/mol. The maximum atomic E-state index is 12.6. The average molecular weight is 396 g/mol. The molecule has 0 atom stereocenters. The molecule has 0 saturated carbocycles. The molecule has 1 aliphatic rings. The first kappa shape index (κ1) is 19.1. The van der Waals surface area contributed by atoms with Crippen molar-refractivity contribution in [2.45, 2.75) is 23.8 Å². The number of hydrogen-bond acceptors (Lipinski definition) is 6. The van der Waals surface area contributed by atoms with E-state index in [-0.39, 0.29) is 5.91 Å². The first-order valence-corrected chi connectivity index (χ1v) is 9.79. The second kappa shape index (κ2) is 7.16. The van der Waals surface area contributed by atoms with Crippen LogP contribution in [0.3, 0.4) is 0 Å². The summed E-state index contributed by atoms with van der Waals surface area (Å²) in [5.74, 6) is -0.169. The molecule has 1 saturated heterocycles. The van der Waals surface area contributed by atoms with Crippen LogP contribution in [0.15, 0.2) is 43.7 Å². The predicted octanol–water partition coefficient (Wildman–Crippen LogP) is -0.740. The number of rotatable bonds is 4. The number of aromatic nitrogens is 2. The zero-order valence-corrected chi connectivity index (χ0v) is 15.7. The third kappa shape index (κ3) is 3.74. The van der Waals surface area contributed by atoms with Crippen molar-refractivity contribution in [3.63, 3.8) is 0 Å². The van der Waals surface area contributed by atoms with Crippen LogP contribution in [-0.2, 0) is 24.1 Å². The zero-order chi connectivity index (χ0) is 19.8. The Bertz CT molecular complexity index is 1060. The summed E-state index contributed by atoms with van der Waals surface area (Å²) in [7, 11) is -1.49. The van der Waals surface area contributed by atoms with Crippen LogP contribution in [-0.4, -0.2) is 47.5 Å². The van der Waals surface area contributed by atoms with E-state index in [1.807, 2.05) is 0 Å². The van der Waals surface area contributed by atoms with E-state index in [9.17, 15) is 22.8 Å². The fourth-order valence-electron chi connectivity index (χ4n) is 3.01. The van der Waals surface area contributed by atoms with Crippen molar-refractivity contribution in [1.82, 2.24) is 18.8 Å². The highest BCUT2D eigenvalue weighted by atomic mass is 32.2. The van der Waals surface area contributed by atoms with E-state index in [2.05, 4.69) is 4.72 Å². The van der Waals surface area contributed by atoms with Gasteiger partial charge in [0, 0.05) is 39.4 Å². The minimum atomic E-state index is -4.09. The number of furan rings is 1. The Hall–Kier alpha value is -2.66. The standard InChI is InChI=1S/C16H20N4O6S/c1-18-9-13(15(22)19(2)16(18)23)27(24,25)17-12-3-6-20(7-4-12)14(21)11-5-8-26-10-11/h5,8-10,12,17H,3-4,6-7H2,1-2H3. The van der Waals surface area contributed by atoms with Crippen LogP contribution < -0.4 is 16.0 Å². The van der Waals surface area contributed by atoms with Crippen LogP contribution >= 0.6 is 0 Å². The molecule has 0 radical (unpaired) electrons. The Labute approximate surface area is 155 Å². The van der Waals surface area contributed by atoms with Crippen molar-refractivity contribution in [2.24, 2.45) is 14.1 Å². The van der Waals surface area contributed by atoms with E-state index in [0.717, 1.165) is 15.3 Å². The van der Waals surface area contributed by atoms with Gasteiger partial charge in [-0.2, -0.15) is 0 Å². The molecule has 2 aromatic rings. The largest absolute Gasteiger partial charge is 0.472 e. The van der Waals surface area contributed by atoms with Gasteiger partial charge in [-0.3, -0.25) is 14.2 Å². The van der Waals surface area contributed by atoms with Crippen molar-refractivity contribution < 1.29 is 17.6 Å². The molecule has 1 fully saturated rings. The van der Waals surface area contributed by atoms with Crippen molar-refractivity contribution in [3.05, 3.63) is 51.2 Å². The quantitative estimate of drug-likeness (QED) is 0.726. The van der Waals surface area contributed by atoms with Crippen LogP contribution in [0.4, 0.5) is 0 Å². The van der Waals surface area contributed by atoms with E-state index in [0.29, 0.717) is 31.5 Å². The van der Waals surface area contributed by atoms with Gasteiger partial charge in [-0.05, 0) is 18.9 Å². The molecule has 10 nitrogen and oxygen atoms in total. The van der Waals surface area contributed by atoms with Crippen molar-refractivity contribution in [2.75, 3.05) is 13.1 Å². The Morgan fingerprint density at radius 3 is 2.48 bits per heavy atom. The van der Waals surface area contributed by atoms with E-state index in [4.69, 9.17) is 4.42 Å². The molecule has 0 bridgehead atoms. The summed E-state index contributed by atoms with van der Waals surface area (Å²) >= 11 is 0. The fraction of sp³-hybridized carbons (Fsp3) is 0.438. The summed E-state index contributed by atoms with van der Waals surface area (Å²) in [6, 6.07) is 1.16. The minimum Gasteiger partial charge on any atom is -0.472 e. The van der Waals surface area contributed by atoms with Crippen LogP contribution in [0, 0.1) is 0 Å². The number of hydrogen-bond donors (Lipinski definition) is 1. The second-order valence-corrected chi connectivity index (χ2v) is 8.13. The smallest absolute Gasteiger partial charge is 0.330 e. The lowest BCUT2D eigenvalue weighted by molar-refractivity contribution is 0.0710. The van der Waals surface area contributed by atoms with Crippen LogP contribution in [0.5, 0.6) is 0 Å². The topological polar surface area (TPSA) is 124 Å². The molecule has 27 heavy (non-hydrogen) atoms. The van der Waals surface area contributed by atoms with E-state index in [1.54, 1.807) is 11.0 Å². The highest BCUT2D eigenvalue weighted by Gasteiger charge is 2.29. The Morgan fingerprint density at radius 1 is 1.22 bits per heavy atom. The number of aryl methyl sites for hydroxylation is 1. The molecular formula is C16H20N4O6S. The Kier molecular flexibility index (Phi) is 5.07. The van der Waals surface area contributed by atoms with Gasteiger partial charge in [0.05, 0.1) is 11.8 Å². The lowest BCUT2D eigenvalue weighted by Crippen LogP contribution is -2.48. The molecule has 146 valence electrons. The normalized spacial score (nSPS) is 15.9. The van der Waals surface area contributed by atoms with Gasteiger partial charge in [-0.25, -0.2) is 17.9 Å². The summed E-state index contributed by atoms with van der Waals surface area (Å²) in [6.07, 6.45) is 4.63. The van der Waals surface area contributed by atoms with Crippen LogP contribution in [0.1, 0.15) is 23.2 Å². The number of amides is 1. The van der Waals surface area contributed by atoms with Gasteiger partial charge in [-0.15, -0.1) is 0 Å². The molecule has 3 heterocycles. The summed E-state index contributed by atoms with van der Waals surface area (Å²) in [4.78, 5) is 37.3. The van der Waals surface area contributed by atoms with Crippen molar-refractivity contribution in [1.29, 1.82) is 0 Å². The molecule has 0 spiro atoms. The summed E-state index contributed by atoms with van der Waals surface area (Å²) in [6.45, 7) is 0.755. The van der Waals surface area contributed by atoms with Gasteiger partial charge in [0.15, 0.2) is 4.90 Å². The Morgan fingerprint density at radius 2 is 1.89 bits per heavy atom. The lowest BCUT2D eigenvalue weighted by Gasteiger charge is -2.32. The minimum absolute atomic E-state index is 0.169. The first-order chi connectivity index (χ1) is 12.7. The molecule has 1 N–H and O–H groups in total. The van der Waals surface area contributed by atoms with Gasteiger partial charge in [-0.1, -0.05) is 0 Å². The summed E-state index contributed by atoms with van der Waals surface area (Å²) < 4.78 is 34.4.